The number of hydrogen-bond donors (Lipinski definition) is 1. The zero-order valence-corrected chi connectivity index (χ0v) is 13.3. The molecule has 110 valence electrons. The van der Waals surface area contributed by atoms with Crippen LogP contribution in [0.1, 0.15) is 16.7 Å². The first kappa shape index (κ1) is 14.6. The van der Waals surface area contributed by atoms with Crippen molar-refractivity contribution in [2.45, 2.75) is 13.8 Å². The van der Waals surface area contributed by atoms with Crippen molar-refractivity contribution in [3.63, 3.8) is 0 Å². The summed E-state index contributed by atoms with van der Waals surface area (Å²) in [6.07, 6.45) is 1.88. The molecule has 1 aliphatic heterocycles. The van der Waals surface area contributed by atoms with Crippen molar-refractivity contribution < 1.29 is 4.79 Å². The van der Waals surface area contributed by atoms with Gasteiger partial charge in [0.2, 0.25) is 0 Å². The molecule has 4 heteroatoms. The third-order valence-electron chi connectivity index (χ3n) is 3.19. The lowest BCUT2D eigenvalue weighted by atomic mass is 10.1. The molecule has 0 bridgehead atoms. The number of aryl methyl sites for hydroxylation is 2. The maximum absolute atomic E-state index is 12.0. The lowest BCUT2D eigenvalue weighted by Crippen LogP contribution is -2.19. The van der Waals surface area contributed by atoms with Crippen molar-refractivity contribution >= 4 is 34.6 Å². The number of aliphatic imine (C=N–C) groups is 1. The summed E-state index contributed by atoms with van der Waals surface area (Å²) in [4.78, 5) is 17.2. The minimum absolute atomic E-state index is 0.100. The van der Waals surface area contributed by atoms with Crippen LogP contribution in [-0.4, -0.2) is 11.1 Å². The molecule has 0 aliphatic carbocycles. The highest BCUT2D eigenvalue weighted by molar-refractivity contribution is 8.18. The van der Waals surface area contributed by atoms with E-state index >= 15 is 0 Å². The molecule has 0 radical (unpaired) electrons. The fourth-order valence-corrected chi connectivity index (χ4v) is 3.16. The van der Waals surface area contributed by atoms with Crippen molar-refractivity contribution in [2.75, 3.05) is 0 Å². The van der Waals surface area contributed by atoms with Gasteiger partial charge in [-0.2, -0.15) is 0 Å². The van der Waals surface area contributed by atoms with E-state index in [2.05, 4.69) is 16.4 Å². The molecule has 1 amide bonds. The summed E-state index contributed by atoms with van der Waals surface area (Å²) in [5.41, 5.74) is 4.19. The Kier molecular flexibility index (Phi) is 4.11. The zero-order chi connectivity index (χ0) is 15.5. The second-order valence-corrected chi connectivity index (χ2v) is 6.27. The second kappa shape index (κ2) is 6.20. The first-order chi connectivity index (χ1) is 10.6. The van der Waals surface area contributed by atoms with Crippen LogP contribution in [0.4, 0.5) is 5.69 Å². The first-order valence-corrected chi connectivity index (χ1v) is 7.85. The molecule has 1 N–H and O–H groups in total. The number of amides is 1. The molecule has 0 aromatic heterocycles. The van der Waals surface area contributed by atoms with Gasteiger partial charge in [0.1, 0.15) is 0 Å². The molecule has 3 nitrogen and oxygen atoms in total. The Bertz CT molecular complexity index is 759. The van der Waals surface area contributed by atoms with E-state index in [0.29, 0.717) is 10.1 Å². The highest BCUT2D eigenvalue weighted by Crippen LogP contribution is 2.28. The van der Waals surface area contributed by atoms with Gasteiger partial charge >= 0.3 is 0 Å². The van der Waals surface area contributed by atoms with Crippen LogP contribution >= 0.6 is 11.8 Å². The third kappa shape index (κ3) is 3.46. The van der Waals surface area contributed by atoms with Crippen LogP contribution in [0.2, 0.25) is 0 Å². The van der Waals surface area contributed by atoms with Crippen LogP contribution in [0.25, 0.3) is 6.08 Å². The van der Waals surface area contributed by atoms with Gasteiger partial charge in [0.25, 0.3) is 5.91 Å². The number of carbonyl (C=O) groups is 1. The normalized spacial score (nSPS) is 18.0. The van der Waals surface area contributed by atoms with Crippen LogP contribution in [0.15, 0.2) is 58.4 Å². The molecule has 0 unspecified atom stereocenters. The van der Waals surface area contributed by atoms with Crippen LogP contribution in [0.5, 0.6) is 0 Å². The van der Waals surface area contributed by atoms with Crippen molar-refractivity contribution in [3.8, 4) is 0 Å². The van der Waals surface area contributed by atoms with E-state index in [1.165, 1.54) is 11.8 Å². The van der Waals surface area contributed by atoms with Gasteiger partial charge in [-0.25, -0.2) is 4.99 Å². The Balaban J connectivity index is 1.85. The number of hydrogen-bond acceptors (Lipinski definition) is 3. The molecule has 1 saturated heterocycles. The highest BCUT2D eigenvalue weighted by atomic mass is 32.2. The van der Waals surface area contributed by atoms with Gasteiger partial charge in [0.05, 0.1) is 10.6 Å². The monoisotopic (exact) mass is 308 g/mol. The molecule has 2 aromatic rings. The van der Waals surface area contributed by atoms with Crippen LogP contribution in [0.3, 0.4) is 0 Å². The smallest absolute Gasteiger partial charge is 0.264 e. The molecule has 3 rings (SSSR count). The van der Waals surface area contributed by atoms with Gasteiger partial charge in [-0.3, -0.25) is 4.79 Å². The van der Waals surface area contributed by atoms with Gasteiger partial charge in [-0.15, -0.1) is 0 Å². The van der Waals surface area contributed by atoms with E-state index < -0.39 is 0 Å². The van der Waals surface area contributed by atoms with Crippen LogP contribution in [-0.2, 0) is 4.79 Å². The third-order valence-corrected chi connectivity index (χ3v) is 4.10. The van der Waals surface area contributed by atoms with Gasteiger partial charge in [0, 0.05) is 0 Å². The number of nitrogens with one attached hydrogen (secondary N) is 1. The van der Waals surface area contributed by atoms with Gasteiger partial charge < -0.3 is 5.32 Å². The molecular formula is C18H16N2OS. The molecule has 0 spiro atoms. The number of thioether (sulfide) groups is 1. The quantitative estimate of drug-likeness (QED) is 0.845. The van der Waals surface area contributed by atoms with Crippen molar-refractivity contribution in [3.05, 3.63) is 70.1 Å². The average molecular weight is 308 g/mol. The van der Waals surface area contributed by atoms with E-state index in [4.69, 9.17) is 0 Å². The minimum atomic E-state index is -0.100. The summed E-state index contributed by atoms with van der Waals surface area (Å²) >= 11 is 1.37. The number of rotatable bonds is 2. The lowest BCUT2D eigenvalue weighted by Gasteiger charge is -2.00. The maximum Gasteiger partial charge on any atom is 0.264 e. The molecule has 1 heterocycles. The molecule has 22 heavy (non-hydrogen) atoms. The Morgan fingerprint density at radius 3 is 2.41 bits per heavy atom. The number of carbonyl (C=O) groups excluding carboxylic acids is 1. The zero-order valence-electron chi connectivity index (χ0n) is 12.5. The maximum atomic E-state index is 12.0. The predicted molar refractivity (Wildman–Crippen MR) is 93.2 cm³/mol. The lowest BCUT2D eigenvalue weighted by molar-refractivity contribution is -0.115. The largest absolute Gasteiger partial charge is 0.300 e. The predicted octanol–water partition coefficient (Wildman–Crippen LogP) is 4.20. The Labute approximate surface area is 134 Å². The standard InChI is InChI=1S/C18H16N2OS/c1-12-8-13(2)10-15(9-12)19-18-20-17(21)16(22-18)11-14-6-4-3-5-7-14/h3-11H,1-2H3,(H,19,20,21)/b16-11+. The van der Waals surface area contributed by atoms with Crippen molar-refractivity contribution in [1.29, 1.82) is 0 Å². The Morgan fingerprint density at radius 1 is 1.05 bits per heavy atom. The van der Waals surface area contributed by atoms with E-state index in [0.717, 1.165) is 22.4 Å². The molecule has 0 saturated carbocycles. The number of benzene rings is 2. The summed E-state index contributed by atoms with van der Waals surface area (Å²) in [5, 5.41) is 3.44. The topological polar surface area (TPSA) is 41.5 Å². The molecule has 2 aromatic carbocycles. The average Bonchev–Trinajstić information content (AvgIpc) is 2.78. The SMILES string of the molecule is Cc1cc(C)cc(N=C2NC(=O)/C(=C\c3ccccc3)S2)c1. The summed E-state index contributed by atoms with van der Waals surface area (Å²) in [5.74, 6) is -0.100. The van der Waals surface area contributed by atoms with Crippen LogP contribution in [0, 0.1) is 13.8 Å². The number of nitrogens with zero attached hydrogens (tertiary/aromatic N) is 1. The summed E-state index contributed by atoms with van der Waals surface area (Å²) < 4.78 is 0. The van der Waals surface area contributed by atoms with Gasteiger partial charge in [0.15, 0.2) is 5.17 Å². The van der Waals surface area contributed by atoms with Crippen molar-refractivity contribution in [2.24, 2.45) is 4.99 Å². The summed E-state index contributed by atoms with van der Waals surface area (Å²) in [6.45, 7) is 4.08. The molecule has 1 aliphatic rings. The van der Waals surface area contributed by atoms with E-state index in [1.54, 1.807) is 0 Å². The van der Waals surface area contributed by atoms with Crippen LogP contribution < -0.4 is 5.32 Å². The van der Waals surface area contributed by atoms with E-state index in [9.17, 15) is 4.79 Å². The first-order valence-electron chi connectivity index (χ1n) is 7.03. The summed E-state index contributed by atoms with van der Waals surface area (Å²) in [6, 6.07) is 15.9. The number of amidine groups is 1. The van der Waals surface area contributed by atoms with Crippen molar-refractivity contribution in [1.82, 2.24) is 5.32 Å². The molecule has 0 atom stereocenters. The Morgan fingerprint density at radius 2 is 1.73 bits per heavy atom. The molecular weight excluding hydrogens is 292 g/mol. The fourth-order valence-electron chi connectivity index (χ4n) is 2.31. The van der Waals surface area contributed by atoms with E-state index in [1.807, 2.05) is 62.4 Å². The Hall–Kier alpha value is -2.33. The highest BCUT2D eigenvalue weighted by Gasteiger charge is 2.23. The van der Waals surface area contributed by atoms with Gasteiger partial charge in [-0.05, 0) is 60.5 Å². The molecule has 1 fully saturated rings. The van der Waals surface area contributed by atoms with E-state index in [-0.39, 0.29) is 5.91 Å². The second-order valence-electron chi connectivity index (χ2n) is 5.24. The minimum Gasteiger partial charge on any atom is -0.300 e. The van der Waals surface area contributed by atoms with Gasteiger partial charge in [-0.1, -0.05) is 36.4 Å². The fraction of sp³-hybridized carbons (Fsp3) is 0.111. The summed E-state index contributed by atoms with van der Waals surface area (Å²) in [7, 11) is 0.